The van der Waals surface area contributed by atoms with E-state index >= 15 is 0 Å². The minimum atomic E-state index is 0.115. The summed E-state index contributed by atoms with van der Waals surface area (Å²) in [6.07, 6.45) is 1.05. The highest BCUT2D eigenvalue weighted by Gasteiger charge is 2.21. The van der Waals surface area contributed by atoms with Gasteiger partial charge in [-0.15, -0.1) is 0 Å². The van der Waals surface area contributed by atoms with Gasteiger partial charge in [0.25, 0.3) is 0 Å². The summed E-state index contributed by atoms with van der Waals surface area (Å²) in [4.78, 5) is 0. The van der Waals surface area contributed by atoms with Crippen molar-refractivity contribution in [3.05, 3.63) is 23.8 Å². The van der Waals surface area contributed by atoms with E-state index in [0.717, 1.165) is 23.5 Å². The Morgan fingerprint density at radius 1 is 1.06 bits per heavy atom. The highest BCUT2D eigenvalue weighted by atomic mass is 16.5. The molecule has 2 atom stereocenters. The van der Waals surface area contributed by atoms with Gasteiger partial charge in [0.15, 0.2) is 0 Å². The SMILES string of the molecule is CCC(OC)C(NC)c1cc(OC)cc(OC)c1. The van der Waals surface area contributed by atoms with Crippen LogP contribution in [0, 0.1) is 0 Å². The summed E-state index contributed by atoms with van der Waals surface area (Å²) in [6.45, 7) is 2.11. The fraction of sp³-hybridized carbons (Fsp3) is 0.571. The van der Waals surface area contributed by atoms with E-state index in [1.54, 1.807) is 21.3 Å². The first-order chi connectivity index (χ1) is 8.69. The van der Waals surface area contributed by atoms with Crippen LogP contribution in [0.4, 0.5) is 0 Å². The molecule has 0 saturated heterocycles. The zero-order valence-electron chi connectivity index (χ0n) is 11.8. The molecule has 0 heterocycles. The van der Waals surface area contributed by atoms with Gasteiger partial charge in [0, 0.05) is 13.2 Å². The van der Waals surface area contributed by atoms with Crippen LogP contribution in [-0.4, -0.2) is 34.5 Å². The van der Waals surface area contributed by atoms with E-state index in [1.165, 1.54) is 0 Å². The monoisotopic (exact) mass is 253 g/mol. The van der Waals surface area contributed by atoms with Crippen LogP contribution < -0.4 is 14.8 Å². The molecule has 102 valence electrons. The van der Waals surface area contributed by atoms with Crippen molar-refractivity contribution in [1.29, 1.82) is 0 Å². The summed E-state index contributed by atoms with van der Waals surface area (Å²) in [5, 5.41) is 3.29. The second-order valence-electron chi connectivity index (χ2n) is 4.09. The zero-order valence-corrected chi connectivity index (χ0v) is 11.8. The molecule has 0 amide bonds. The standard InChI is InChI=1S/C14H23NO3/c1-6-13(18-5)14(15-2)10-7-11(16-3)9-12(8-10)17-4/h7-9,13-15H,6H2,1-5H3. The van der Waals surface area contributed by atoms with E-state index in [-0.39, 0.29) is 12.1 Å². The van der Waals surface area contributed by atoms with Gasteiger partial charge in [0.2, 0.25) is 0 Å². The molecule has 0 aliphatic heterocycles. The van der Waals surface area contributed by atoms with Gasteiger partial charge in [0.1, 0.15) is 11.5 Å². The van der Waals surface area contributed by atoms with Crippen LogP contribution in [-0.2, 0) is 4.74 Å². The molecule has 4 heteroatoms. The molecule has 18 heavy (non-hydrogen) atoms. The van der Waals surface area contributed by atoms with Crippen molar-refractivity contribution in [3.63, 3.8) is 0 Å². The van der Waals surface area contributed by atoms with Crippen molar-refractivity contribution in [2.75, 3.05) is 28.4 Å². The Kier molecular flexibility index (Phi) is 5.95. The molecule has 2 unspecified atom stereocenters. The Labute approximate surface area is 109 Å². The van der Waals surface area contributed by atoms with Gasteiger partial charge < -0.3 is 19.5 Å². The van der Waals surface area contributed by atoms with E-state index in [9.17, 15) is 0 Å². The molecular weight excluding hydrogens is 230 g/mol. The van der Waals surface area contributed by atoms with Gasteiger partial charge in [-0.2, -0.15) is 0 Å². The predicted octanol–water partition coefficient (Wildman–Crippen LogP) is 2.39. The van der Waals surface area contributed by atoms with Crippen molar-refractivity contribution < 1.29 is 14.2 Å². The Balaban J connectivity index is 3.11. The Hall–Kier alpha value is -1.26. The number of likely N-dealkylation sites (N-methyl/N-ethyl adjacent to an activating group) is 1. The van der Waals surface area contributed by atoms with E-state index in [0.29, 0.717) is 0 Å². The number of hydrogen-bond donors (Lipinski definition) is 1. The summed E-state index contributed by atoms with van der Waals surface area (Å²) in [5.41, 5.74) is 1.10. The van der Waals surface area contributed by atoms with E-state index in [1.807, 2.05) is 25.2 Å². The summed E-state index contributed by atoms with van der Waals surface area (Å²) >= 11 is 0. The van der Waals surface area contributed by atoms with Crippen LogP contribution in [0.3, 0.4) is 0 Å². The Morgan fingerprint density at radius 3 is 1.94 bits per heavy atom. The quantitative estimate of drug-likeness (QED) is 0.810. The maximum absolute atomic E-state index is 5.51. The molecule has 0 bridgehead atoms. The number of nitrogens with one attached hydrogen (secondary N) is 1. The molecule has 0 saturated carbocycles. The van der Waals surface area contributed by atoms with E-state index in [2.05, 4.69) is 12.2 Å². The smallest absolute Gasteiger partial charge is 0.122 e. The van der Waals surface area contributed by atoms with Crippen molar-refractivity contribution >= 4 is 0 Å². The first kappa shape index (κ1) is 14.8. The lowest BCUT2D eigenvalue weighted by Gasteiger charge is -2.25. The zero-order chi connectivity index (χ0) is 13.5. The molecule has 1 N–H and O–H groups in total. The van der Waals surface area contributed by atoms with Crippen LogP contribution in [0.1, 0.15) is 24.9 Å². The Morgan fingerprint density at radius 2 is 1.61 bits per heavy atom. The highest BCUT2D eigenvalue weighted by molar-refractivity contribution is 5.40. The van der Waals surface area contributed by atoms with Crippen LogP contribution >= 0.6 is 0 Å². The maximum atomic E-state index is 5.51. The predicted molar refractivity (Wildman–Crippen MR) is 72.4 cm³/mol. The molecule has 0 aliphatic rings. The first-order valence-corrected chi connectivity index (χ1v) is 6.13. The summed E-state index contributed by atoms with van der Waals surface area (Å²) in [5.74, 6) is 1.58. The molecule has 1 aromatic carbocycles. The summed E-state index contributed by atoms with van der Waals surface area (Å²) < 4.78 is 16.1. The number of rotatable bonds is 7. The van der Waals surface area contributed by atoms with Gasteiger partial charge in [-0.1, -0.05) is 6.92 Å². The molecule has 1 aromatic rings. The molecule has 1 rings (SSSR count). The fourth-order valence-corrected chi connectivity index (χ4v) is 2.11. The molecular formula is C14H23NO3. The van der Waals surface area contributed by atoms with Gasteiger partial charge >= 0.3 is 0 Å². The second kappa shape index (κ2) is 7.24. The molecule has 0 spiro atoms. The van der Waals surface area contributed by atoms with Crippen molar-refractivity contribution in [3.8, 4) is 11.5 Å². The average Bonchev–Trinajstić information content (AvgIpc) is 2.43. The van der Waals surface area contributed by atoms with Crippen molar-refractivity contribution in [1.82, 2.24) is 5.32 Å². The number of hydrogen-bond acceptors (Lipinski definition) is 4. The minimum absolute atomic E-state index is 0.115. The lowest BCUT2D eigenvalue weighted by Crippen LogP contribution is -2.30. The third-order valence-corrected chi connectivity index (χ3v) is 3.12. The second-order valence-corrected chi connectivity index (χ2v) is 4.09. The maximum Gasteiger partial charge on any atom is 0.122 e. The topological polar surface area (TPSA) is 39.7 Å². The summed E-state index contributed by atoms with van der Waals surface area (Å²) in [7, 11) is 6.97. The average molecular weight is 253 g/mol. The third-order valence-electron chi connectivity index (χ3n) is 3.12. The fourth-order valence-electron chi connectivity index (χ4n) is 2.11. The van der Waals surface area contributed by atoms with Crippen molar-refractivity contribution in [2.45, 2.75) is 25.5 Å². The van der Waals surface area contributed by atoms with E-state index in [4.69, 9.17) is 14.2 Å². The number of benzene rings is 1. The molecule has 0 radical (unpaired) electrons. The largest absolute Gasteiger partial charge is 0.497 e. The van der Waals surface area contributed by atoms with Crippen molar-refractivity contribution in [2.24, 2.45) is 0 Å². The minimum Gasteiger partial charge on any atom is -0.497 e. The van der Waals surface area contributed by atoms with Crippen LogP contribution in [0.2, 0.25) is 0 Å². The number of ether oxygens (including phenoxy) is 3. The van der Waals surface area contributed by atoms with Gasteiger partial charge in [0.05, 0.1) is 26.4 Å². The lowest BCUT2D eigenvalue weighted by atomic mass is 9.99. The third kappa shape index (κ3) is 3.37. The van der Waals surface area contributed by atoms with Gasteiger partial charge in [-0.05, 0) is 31.2 Å². The molecule has 0 aromatic heterocycles. The highest BCUT2D eigenvalue weighted by Crippen LogP contribution is 2.29. The van der Waals surface area contributed by atoms with Gasteiger partial charge in [-0.25, -0.2) is 0 Å². The molecule has 0 aliphatic carbocycles. The Bertz CT molecular complexity index is 342. The first-order valence-electron chi connectivity index (χ1n) is 6.13. The summed E-state index contributed by atoms with van der Waals surface area (Å²) in [6, 6.07) is 5.99. The van der Waals surface area contributed by atoms with Crippen LogP contribution in [0.5, 0.6) is 11.5 Å². The number of methoxy groups -OCH3 is 3. The molecule has 0 fully saturated rings. The normalized spacial score (nSPS) is 14.1. The lowest BCUT2D eigenvalue weighted by molar-refractivity contribution is 0.0674. The van der Waals surface area contributed by atoms with E-state index < -0.39 is 0 Å². The van der Waals surface area contributed by atoms with Gasteiger partial charge in [-0.3, -0.25) is 0 Å². The van der Waals surface area contributed by atoms with Crippen LogP contribution in [0.15, 0.2) is 18.2 Å². The molecule has 4 nitrogen and oxygen atoms in total. The van der Waals surface area contributed by atoms with Crippen LogP contribution in [0.25, 0.3) is 0 Å².